The minimum Gasteiger partial charge on any atom is -0.393 e. The molecule has 0 aromatic rings. The molecule has 14 heavy (non-hydrogen) atoms. The molecule has 2 nitrogen and oxygen atoms in total. The molecule has 84 valence electrons. The SMILES string of the molecule is CC(C)C[C@@H](C)O[C@H]1CC[C@H](O)CC1. The van der Waals surface area contributed by atoms with Crippen molar-refractivity contribution in [3.8, 4) is 0 Å². The lowest BCUT2D eigenvalue weighted by Crippen LogP contribution is -2.28. The average Bonchev–Trinajstić information content (AvgIpc) is 2.07. The van der Waals surface area contributed by atoms with Gasteiger partial charge in [-0.2, -0.15) is 0 Å². The van der Waals surface area contributed by atoms with Crippen LogP contribution in [0.15, 0.2) is 0 Å². The van der Waals surface area contributed by atoms with Gasteiger partial charge in [0.15, 0.2) is 0 Å². The number of hydrogen-bond donors (Lipinski definition) is 1. The summed E-state index contributed by atoms with van der Waals surface area (Å²) in [6, 6.07) is 0. The summed E-state index contributed by atoms with van der Waals surface area (Å²) in [6.45, 7) is 6.61. The first-order valence-corrected chi connectivity index (χ1v) is 5.91. The van der Waals surface area contributed by atoms with Crippen LogP contribution in [0, 0.1) is 5.92 Å². The van der Waals surface area contributed by atoms with Crippen LogP contribution in [-0.2, 0) is 4.74 Å². The molecule has 1 aliphatic rings. The maximum Gasteiger partial charge on any atom is 0.0580 e. The molecule has 1 atom stereocenters. The van der Waals surface area contributed by atoms with Crippen LogP contribution in [0.2, 0.25) is 0 Å². The predicted molar refractivity (Wildman–Crippen MR) is 58.3 cm³/mol. The first kappa shape index (κ1) is 12.0. The fourth-order valence-corrected chi connectivity index (χ4v) is 2.23. The summed E-state index contributed by atoms with van der Waals surface area (Å²) < 4.78 is 5.94. The van der Waals surface area contributed by atoms with Crippen LogP contribution >= 0.6 is 0 Å². The Kier molecular flexibility index (Phi) is 4.90. The Morgan fingerprint density at radius 3 is 2.21 bits per heavy atom. The molecular weight excluding hydrogens is 176 g/mol. The van der Waals surface area contributed by atoms with Crippen molar-refractivity contribution in [1.82, 2.24) is 0 Å². The van der Waals surface area contributed by atoms with Crippen molar-refractivity contribution in [2.45, 2.75) is 71.2 Å². The summed E-state index contributed by atoms with van der Waals surface area (Å²) >= 11 is 0. The average molecular weight is 200 g/mol. The molecule has 2 heteroatoms. The van der Waals surface area contributed by atoms with Crippen molar-refractivity contribution in [2.24, 2.45) is 5.92 Å². The van der Waals surface area contributed by atoms with E-state index >= 15 is 0 Å². The Morgan fingerprint density at radius 2 is 1.71 bits per heavy atom. The van der Waals surface area contributed by atoms with Gasteiger partial charge in [0.2, 0.25) is 0 Å². The Hall–Kier alpha value is -0.0800. The van der Waals surface area contributed by atoms with Crippen molar-refractivity contribution in [1.29, 1.82) is 0 Å². The lowest BCUT2D eigenvalue weighted by molar-refractivity contribution is -0.0470. The predicted octanol–water partition coefficient (Wildman–Crippen LogP) is 2.74. The number of hydrogen-bond acceptors (Lipinski definition) is 2. The van der Waals surface area contributed by atoms with Gasteiger partial charge in [0.05, 0.1) is 18.3 Å². The molecule has 0 bridgehead atoms. The highest BCUT2D eigenvalue weighted by atomic mass is 16.5. The van der Waals surface area contributed by atoms with Crippen LogP contribution in [0.1, 0.15) is 52.9 Å². The van der Waals surface area contributed by atoms with Crippen LogP contribution in [0.5, 0.6) is 0 Å². The van der Waals surface area contributed by atoms with E-state index in [-0.39, 0.29) is 6.10 Å². The van der Waals surface area contributed by atoms with E-state index < -0.39 is 0 Å². The van der Waals surface area contributed by atoms with Crippen molar-refractivity contribution in [3.05, 3.63) is 0 Å². The second kappa shape index (κ2) is 5.72. The lowest BCUT2D eigenvalue weighted by atomic mass is 9.95. The second-order valence-electron chi connectivity index (χ2n) is 5.01. The van der Waals surface area contributed by atoms with Gasteiger partial charge in [0, 0.05) is 0 Å². The van der Waals surface area contributed by atoms with Crippen molar-refractivity contribution in [2.75, 3.05) is 0 Å². The third-order valence-corrected chi connectivity index (χ3v) is 2.87. The molecule has 1 saturated carbocycles. The van der Waals surface area contributed by atoms with E-state index in [1.54, 1.807) is 0 Å². The van der Waals surface area contributed by atoms with Crippen LogP contribution in [0.3, 0.4) is 0 Å². The molecule has 0 radical (unpaired) electrons. The maximum atomic E-state index is 9.35. The molecule has 1 fully saturated rings. The van der Waals surface area contributed by atoms with Crippen LogP contribution in [0.25, 0.3) is 0 Å². The lowest BCUT2D eigenvalue weighted by Gasteiger charge is -2.28. The summed E-state index contributed by atoms with van der Waals surface area (Å²) in [7, 11) is 0. The molecule has 0 aromatic carbocycles. The quantitative estimate of drug-likeness (QED) is 0.756. The van der Waals surface area contributed by atoms with Crippen LogP contribution in [0.4, 0.5) is 0 Å². The first-order valence-electron chi connectivity index (χ1n) is 5.91. The molecular formula is C12H24O2. The van der Waals surface area contributed by atoms with E-state index in [1.807, 2.05) is 0 Å². The molecule has 0 aliphatic heterocycles. The van der Waals surface area contributed by atoms with E-state index in [0.717, 1.165) is 32.1 Å². The largest absolute Gasteiger partial charge is 0.393 e. The highest BCUT2D eigenvalue weighted by molar-refractivity contribution is 4.72. The minimum atomic E-state index is -0.0738. The Morgan fingerprint density at radius 1 is 1.14 bits per heavy atom. The third-order valence-electron chi connectivity index (χ3n) is 2.87. The minimum absolute atomic E-state index is 0.0738. The van der Waals surface area contributed by atoms with Gasteiger partial charge in [-0.3, -0.25) is 0 Å². The van der Waals surface area contributed by atoms with Gasteiger partial charge in [-0.25, -0.2) is 0 Å². The van der Waals surface area contributed by atoms with Crippen molar-refractivity contribution < 1.29 is 9.84 Å². The number of rotatable bonds is 4. The Labute approximate surface area is 87.7 Å². The van der Waals surface area contributed by atoms with Gasteiger partial charge in [-0.1, -0.05) is 13.8 Å². The van der Waals surface area contributed by atoms with E-state index in [4.69, 9.17) is 4.74 Å². The highest BCUT2D eigenvalue weighted by Gasteiger charge is 2.21. The van der Waals surface area contributed by atoms with Crippen molar-refractivity contribution in [3.63, 3.8) is 0 Å². The van der Waals surface area contributed by atoms with Crippen molar-refractivity contribution >= 4 is 0 Å². The van der Waals surface area contributed by atoms with E-state index in [0.29, 0.717) is 18.1 Å². The zero-order valence-corrected chi connectivity index (χ0v) is 9.70. The molecule has 1 aliphatic carbocycles. The van der Waals surface area contributed by atoms with E-state index in [9.17, 15) is 5.11 Å². The number of aliphatic hydroxyl groups is 1. The molecule has 0 amide bonds. The molecule has 0 spiro atoms. The van der Waals surface area contributed by atoms with Gasteiger partial charge < -0.3 is 9.84 Å². The van der Waals surface area contributed by atoms with Gasteiger partial charge >= 0.3 is 0 Å². The van der Waals surface area contributed by atoms with E-state index in [2.05, 4.69) is 20.8 Å². The summed E-state index contributed by atoms with van der Waals surface area (Å²) in [6.07, 6.45) is 5.72. The second-order valence-corrected chi connectivity index (χ2v) is 5.01. The number of aliphatic hydroxyl groups excluding tert-OH is 1. The summed E-state index contributed by atoms with van der Waals surface area (Å²) in [4.78, 5) is 0. The van der Waals surface area contributed by atoms with Crippen LogP contribution in [-0.4, -0.2) is 23.4 Å². The highest BCUT2D eigenvalue weighted by Crippen LogP contribution is 2.23. The zero-order chi connectivity index (χ0) is 10.6. The smallest absolute Gasteiger partial charge is 0.0580 e. The molecule has 0 saturated heterocycles. The first-order chi connectivity index (χ1) is 6.58. The van der Waals surface area contributed by atoms with Gasteiger partial charge in [-0.15, -0.1) is 0 Å². The fraction of sp³-hybridized carbons (Fsp3) is 1.00. The summed E-state index contributed by atoms with van der Waals surface area (Å²) in [5.41, 5.74) is 0. The monoisotopic (exact) mass is 200 g/mol. The third kappa shape index (κ3) is 4.43. The number of ether oxygens (including phenoxy) is 1. The van der Waals surface area contributed by atoms with Gasteiger partial charge in [0.25, 0.3) is 0 Å². The van der Waals surface area contributed by atoms with Crippen LogP contribution < -0.4 is 0 Å². The molecule has 0 unspecified atom stereocenters. The standard InChI is InChI=1S/C12H24O2/c1-9(2)8-10(3)14-12-6-4-11(13)5-7-12/h9-13H,4-8H2,1-3H3/t10-,11-,12-/m1/s1. The molecule has 0 aromatic heterocycles. The normalized spacial score (nSPS) is 30.6. The van der Waals surface area contributed by atoms with E-state index in [1.165, 1.54) is 0 Å². The summed E-state index contributed by atoms with van der Waals surface area (Å²) in [5.74, 6) is 0.708. The Balaban J connectivity index is 2.17. The van der Waals surface area contributed by atoms with Gasteiger partial charge in [-0.05, 0) is 44.9 Å². The Bertz CT molecular complexity index is 148. The van der Waals surface area contributed by atoms with Gasteiger partial charge in [0.1, 0.15) is 0 Å². The molecule has 1 N–H and O–H groups in total. The molecule has 1 rings (SSSR count). The molecule has 0 heterocycles. The topological polar surface area (TPSA) is 29.5 Å². The maximum absolute atomic E-state index is 9.35. The summed E-state index contributed by atoms with van der Waals surface area (Å²) in [5, 5.41) is 9.35. The fourth-order valence-electron chi connectivity index (χ4n) is 2.23. The zero-order valence-electron chi connectivity index (χ0n) is 9.70.